The molecule has 204 valence electrons. The normalized spacial score (nSPS) is 26.2. The number of thioether (sulfide) groups is 1. The lowest BCUT2D eigenvalue weighted by atomic mass is 10.0. The zero-order chi connectivity index (χ0) is 25.4. The second kappa shape index (κ2) is 16.7. The number of allylic oxidation sites excluding steroid dienone is 2. The van der Waals surface area contributed by atoms with Crippen LogP contribution in [0, 0.1) is 0 Å². The highest BCUT2D eigenvalue weighted by Crippen LogP contribution is 2.33. The van der Waals surface area contributed by atoms with E-state index in [4.69, 9.17) is 14.2 Å². The van der Waals surface area contributed by atoms with Gasteiger partial charge in [-0.1, -0.05) is 18.6 Å². The van der Waals surface area contributed by atoms with E-state index in [0.717, 1.165) is 57.1 Å². The lowest BCUT2D eigenvalue weighted by Gasteiger charge is -2.18. The third kappa shape index (κ3) is 11.0. The smallest absolute Gasteiger partial charge is 0.407 e. The van der Waals surface area contributed by atoms with Crippen molar-refractivity contribution in [2.75, 3.05) is 45.3 Å². The van der Waals surface area contributed by atoms with Gasteiger partial charge in [0.15, 0.2) is 0 Å². The Morgan fingerprint density at radius 2 is 1.75 bits per heavy atom. The van der Waals surface area contributed by atoms with E-state index in [-0.39, 0.29) is 36.2 Å². The number of rotatable bonds is 15. The van der Waals surface area contributed by atoms with Crippen LogP contribution < -0.4 is 21.3 Å². The summed E-state index contributed by atoms with van der Waals surface area (Å²) in [6.07, 6.45) is 12.1. The van der Waals surface area contributed by atoms with Crippen molar-refractivity contribution in [1.29, 1.82) is 0 Å². The molecule has 0 bridgehead atoms. The monoisotopic (exact) mass is 526 g/mol. The molecule has 2 aliphatic heterocycles. The van der Waals surface area contributed by atoms with Crippen molar-refractivity contribution in [3.8, 4) is 0 Å². The molecule has 4 atom stereocenters. The van der Waals surface area contributed by atoms with E-state index in [9.17, 15) is 14.4 Å². The Kier molecular flexibility index (Phi) is 13.3. The molecule has 0 radical (unpaired) electrons. The summed E-state index contributed by atoms with van der Waals surface area (Å²) in [5.74, 6) is 1.00. The van der Waals surface area contributed by atoms with Crippen LogP contribution in [-0.4, -0.2) is 86.7 Å². The van der Waals surface area contributed by atoms with Crippen LogP contribution in [-0.2, 0) is 19.0 Å². The van der Waals surface area contributed by atoms with Gasteiger partial charge in [-0.15, -0.1) is 0 Å². The van der Waals surface area contributed by atoms with Gasteiger partial charge in [-0.05, 0) is 44.9 Å². The summed E-state index contributed by atoms with van der Waals surface area (Å²) >= 11 is 1.90. The summed E-state index contributed by atoms with van der Waals surface area (Å²) in [4.78, 5) is 35.3. The molecular weight excluding hydrogens is 484 g/mol. The van der Waals surface area contributed by atoms with E-state index in [1.165, 1.54) is 0 Å². The second-order valence-corrected chi connectivity index (χ2v) is 10.6. The molecule has 2 fully saturated rings. The van der Waals surface area contributed by atoms with Crippen molar-refractivity contribution < 1.29 is 28.6 Å². The molecule has 10 nitrogen and oxygen atoms in total. The summed E-state index contributed by atoms with van der Waals surface area (Å²) in [7, 11) is 0. The molecule has 4 N–H and O–H groups in total. The van der Waals surface area contributed by atoms with Gasteiger partial charge in [0.1, 0.15) is 6.10 Å². The summed E-state index contributed by atoms with van der Waals surface area (Å²) < 4.78 is 16.4. The number of fused-ring (bicyclic) bond motifs is 1. The van der Waals surface area contributed by atoms with Gasteiger partial charge in [0, 0.05) is 30.5 Å². The zero-order valence-corrected chi connectivity index (χ0v) is 22.0. The van der Waals surface area contributed by atoms with Crippen LogP contribution in [0.3, 0.4) is 0 Å². The Morgan fingerprint density at radius 1 is 0.972 bits per heavy atom. The lowest BCUT2D eigenvalue weighted by molar-refractivity contribution is -0.121. The number of urea groups is 1. The summed E-state index contributed by atoms with van der Waals surface area (Å²) in [6.45, 7) is 2.56. The Morgan fingerprint density at radius 3 is 2.58 bits per heavy atom. The molecule has 2 heterocycles. The molecule has 0 aromatic carbocycles. The number of alkyl carbamates (subject to hydrolysis) is 1. The molecule has 1 unspecified atom stereocenters. The predicted molar refractivity (Wildman–Crippen MR) is 139 cm³/mol. The molecule has 0 spiro atoms. The van der Waals surface area contributed by atoms with Gasteiger partial charge in [0.2, 0.25) is 5.91 Å². The van der Waals surface area contributed by atoms with Crippen molar-refractivity contribution >= 4 is 29.8 Å². The first-order valence-electron chi connectivity index (χ1n) is 13.3. The van der Waals surface area contributed by atoms with E-state index >= 15 is 0 Å². The van der Waals surface area contributed by atoms with E-state index < -0.39 is 0 Å². The topological polar surface area (TPSA) is 127 Å². The van der Waals surface area contributed by atoms with Gasteiger partial charge in [-0.3, -0.25) is 4.79 Å². The van der Waals surface area contributed by atoms with Gasteiger partial charge < -0.3 is 35.5 Å². The van der Waals surface area contributed by atoms with E-state index in [2.05, 4.69) is 33.4 Å². The number of hydrogen-bond acceptors (Lipinski definition) is 7. The fourth-order valence-electron chi connectivity index (χ4n) is 4.61. The third-order valence-corrected chi connectivity index (χ3v) is 8.04. The molecule has 2 saturated heterocycles. The maximum absolute atomic E-state index is 12.0. The van der Waals surface area contributed by atoms with Crippen molar-refractivity contribution in [3.63, 3.8) is 0 Å². The van der Waals surface area contributed by atoms with Gasteiger partial charge >= 0.3 is 12.1 Å². The maximum atomic E-state index is 12.0. The Balaban J connectivity index is 1.06. The minimum Gasteiger partial charge on any atom is -0.446 e. The fraction of sp³-hybridized carbons (Fsp3) is 0.800. The molecule has 0 saturated carbocycles. The molecule has 1 aliphatic carbocycles. The van der Waals surface area contributed by atoms with E-state index in [1.807, 2.05) is 11.8 Å². The highest BCUT2D eigenvalue weighted by atomic mass is 32.2. The summed E-state index contributed by atoms with van der Waals surface area (Å²) in [5, 5.41) is 12.0. The summed E-state index contributed by atoms with van der Waals surface area (Å²) in [5.41, 5.74) is 0. The van der Waals surface area contributed by atoms with Crippen LogP contribution in [0.4, 0.5) is 9.59 Å². The third-order valence-electron chi connectivity index (χ3n) is 6.53. The van der Waals surface area contributed by atoms with Crippen molar-refractivity contribution in [2.24, 2.45) is 0 Å². The highest BCUT2D eigenvalue weighted by molar-refractivity contribution is 8.00. The number of amides is 4. The van der Waals surface area contributed by atoms with Crippen LogP contribution in [0.5, 0.6) is 0 Å². The second-order valence-electron chi connectivity index (χ2n) is 9.38. The van der Waals surface area contributed by atoms with E-state index in [1.54, 1.807) is 0 Å². The Hall–Kier alpha value is -1.98. The highest BCUT2D eigenvalue weighted by Gasteiger charge is 2.42. The van der Waals surface area contributed by atoms with E-state index in [0.29, 0.717) is 51.2 Å². The van der Waals surface area contributed by atoms with Crippen LogP contribution in [0.15, 0.2) is 12.2 Å². The predicted octanol–water partition coefficient (Wildman–Crippen LogP) is 2.48. The molecule has 4 amide bonds. The Labute approximate surface area is 218 Å². The zero-order valence-electron chi connectivity index (χ0n) is 21.1. The molecule has 11 heteroatoms. The average Bonchev–Trinajstić information content (AvgIpc) is 3.39. The van der Waals surface area contributed by atoms with Crippen LogP contribution in [0.25, 0.3) is 0 Å². The van der Waals surface area contributed by atoms with Gasteiger partial charge in [-0.25, -0.2) is 9.59 Å². The fourth-order valence-corrected chi connectivity index (χ4v) is 6.15. The number of nitrogens with one attached hydrogen (secondary N) is 4. The molecule has 3 rings (SSSR count). The quantitative estimate of drug-likeness (QED) is 0.147. The first kappa shape index (κ1) is 28.6. The SMILES string of the molecule is O=C(CCCC[C@@H]1SC[C@@H]2NC(=O)N[C@@H]21)NCCOCCOCCNC(=O)OC1CC/C=C\CCC1. The van der Waals surface area contributed by atoms with Gasteiger partial charge in [-0.2, -0.15) is 11.8 Å². The minimum atomic E-state index is -0.384. The number of ether oxygens (including phenoxy) is 3. The lowest BCUT2D eigenvalue weighted by Crippen LogP contribution is -2.36. The largest absolute Gasteiger partial charge is 0.446 e. The van der Waals surface area contributed by atoms with Crippen LogP contribution in [0.1, 0.15) is 57.8 Å². The first-order valence-corrected chi connectivity index (χ1v) is 14.4. The van der Waals surface area contributed by atoms with Crippen LogP contribution in [0.2, 0.25) is 0 Å². The molecular formula is C25H42N4O6S. The van der Waals surface area contributed by atoms with Gasteiger partial charge in [0.25, 0.3) is 0 Å². The number of hydrogen-bond donors (Lipinski definition) is 4. The van der Waals surface area contributed by atoms with Crippen LogP contribution >= 0.6 is 11.8 Å². The molecule has 36 heavy (non-hydrogen) atoms. The number of carbonyl (C=O) groups is 3. The van der Waals surface area contributed by atoms with Crippen molar-refractivity contribution in [1.82, 2.24) is 21.3 Å². The molecule has 0 aromatic rings. The average molecular weight is 527 g/mol. The summed E-state index contributed by atoms with van der Waals surface area (Å²) in [6, 6.07) is 0.417. The maximum Gasteiger partial charge on any atom is 0.407 e. The molecule has 0 aromatic heterocycles. The standard InChI is InChI=1S/C25H42N4O6S/c30-22(11-7-6-10-21-23-20(18-36-21)28-24(31)29-23)26-12-14-33-16-17-34-15-13-27-25(32)35-19-8-4-2-1-3-5-9-19/h1-2,19-21,23H,3-18H2,(H,26,30)(H,27,32)(H2,28,29,31)/b2-1-/t19?,20-,21-,23-/m0/s1. The molecule has 3 aliphatic rings. The Bertz CT molecular complexity index is 725. The first-order chi connectivity index (χ1) is 17.6. The minimum absolute atomic E-state index is 0.0103. The number of unbranched alkanes of at least 4 members (excludes halogenated alkanes) is 1. The van der Waals surface area contributed by atoms with Crippen molar-refractivity contribution in [3.05, 3.63) is 12.2 Å². The van der Waals surface area contributed by atoms with Gasteiger partial charge in [0.05, 0.1) is 38.5 Å². The number of carbonyl (C=O) groups excluding carboxylic acids is 3. The van der Waals surface area contributed by atoms with Crippen molar-refractivity contribution in [2.45, 2.75) is 81.2 Å².